The predicted octanol–water partition coefficient (Wildman–Crippen LogP) is 3.03. The van der Waals surface area contributed by atoms with Crippen LogP contribution >= 0.6 is 0 Å². The van der Waals surface area contributed by atoms with Gasteiger partial charge in [0.2, 0.25) is 0 Å². The summed E-state index contributed by atoms with van der Waals surface area (Å²) in [6.45, 7) is 11.0. The number of nitrogens with zero attached hydrogens (tertiary/aromatic N) is 1. The summed E-state index contributed by atoms with van der Waals surface area (Å²) < 4.78 is 0. The molecule has 1 atom stereocenters. The van der Waals surface area contributed by atoms with Gasteiger partial charge in [0, 0.05) is 25.2 Å². The molecule has 1 aliphatic heterocycles. The maximum atomic E-state index is 3.43. The fourth-order valence-electron chi connectivity index (χ4n) is 3.40. The molecule has 2 heteroatoms. The van der Waals surface area contributed by atoms with Gasteiger partial charge >= 0.3 is 0 Å². The van der Waals surface area contributed by atoms with E-state index < -0.39 is 0 Å². The molecule has 2 aliphatic rings. The van der Waals surface area contributed by atoms with E-state index in [9.17, 15) is 0 Å². The van der Waals surface area contributed by atoms with Crippen LogP contribution in [-0.4, -0.2) is 36.6 Å². The first kappa shape index (κ1) is 13.4. The van der Waals surface area contributed by atoms with Gasteiger partial charge < -0.3 is 5.32 Å². The van der Waals surface area contributed by atoms with Crippen LogP contribution in [0.1, 0.15) is 59.3 Å². The Balaban J connectivity index is 1.93. The largest absolute Gasteiger partial charge is 0.314 e. The Labute approximate surface area is 107 Å². The van der Waals surface area contributed by atoms with E-state index in [1.807, 2.05) is 0 Å². The van der Waals surface area contributed by atoms with Gasteiger partial charge in [0.05, 0.1) is 0 Å². The highest BCUT2D eigenvalue weighted by atomic mass is 15.3. The van der Waals surface area contributed by atoms with Crippen molar-refractivity contribution < 1.29 is 0 Å². The third kappa shape index (κ3) is 3.45. The minimum atomic E-state index is 0.588. The first-order valence-electron chi connectivity index (χ1n) is 7.59. The molecule has 1 heterocycles. The second-order valence-corrected chi connectivity index (χ2v) is 6.80. The fraction of sp³-hybridized carbons (Fsp3) is 1.00. The van der Waals surface area contributed by atoms with Crippen molar-refractivity contribution in [2.75, 3.05) is 19.6 Å². The molecule has 0 amide bonds. The molecule has 0 spiro atoms. The Hall–Kier alpha value is -0.0800. The van der Waals surface area contributed by atoms with Crippen LogP contribution in [-0.2, 0) is 0 Å². The summed E-state index contributed by atoms with van der Waals surface area (Å²) >= 11 is 0. The highest BCUT2D eigenvalue weighted by Crippen LogP contribution is 2.36. The van der Waals surface area contributed by atoms with E-state index in [0.717, 1.165) is 12.1 Å². The van der Waals surface area contributed by atoms with E-state index in [4.69, 9.17) is 0 Å². The monoisotopic (exact) mass is 238 g/mol. The summed E-state index contributed by atoms with van der Waals surface area (Å²) in [5.41, 5.74) is 0.588. The Morgan fingerprint density at radius 3 is 2.47 bits per heavy atom. The van der Waals surface area contributed by atoms with Gasteiger partial charge in [-0.25, -0.2) is 0 Å². The molecule has 2 rings (SSSR count). The lowest BCUT2D eigenvalue weighted by atomic mass is 9.85. The second-order valence-electron chi connectivity index (χ2n) is 6.80. The molecule has 1 saturated heterocycles. The second kappa shape index (κ2) is 5.71. The Bertz CT molecular complexity index is 233. The molecule has 1 unspecified atom stereocenters. The molecule has 100 valence electrons. The fourth-order valence-corrected chi connectivity index (χ4v) is 3.40. The predicted molar refractivity (Wildman–Crippen MR) is 74.3 cm³/mol. The van der Waals surface area contributed by atoms with Gasteiger partial charge in [0.1, 0.15) is 0 Å². The van der Waals surface area contributed by atoms with E-state index in [-0.39, 0.29) is 0 Å². The summed E-state index contributed by atoms with van der Waals surface area (Å²) in [5.74, 6) is 0. The summed E-state index contributed by atoms with van der Waals surface area (Å²) in [5, 5.41) is 3.43. The molecule has 17 heavy (non-hydrogen) atoms. The van der Waals surface area contributed by atoms with Crippen LogP contribution in [0, 0.1) is 5.41 Å². The Kier molecular flexibility index (Phi) is 4.48. The van der Waals surface area contributed by atoms with E-state index in [1.165, 1.54) is 58.2 Å². The summed E-state index contributed by atoms with van der Waals surface area (Å²) in [6.07, 6.45) is 8.42. The van der Waals surface area contributed by atoms with Gasteiger partial charge in [0.25, 0.3) is 0 Å². The van der Waals surface area contributed by atoms with Gasteiger partial charge in [-0.15, -0.1) is 0 Å². The Morgan fingerprint density at radius 1 is 1.12 bits per heavy atom. The molecule has 0 aromatic rings. The molecular weight excluding hydrogens is 208 g/mol. The summed E-state index contributed by atoms with van der Waals surface area (Å²) in [7, 11) is 0. The quantitative estimate of drug-likeness (QED) is 0.757. The van der Waals surface area contributed by atoms with Gasteiger partial charge in [-0.05, 0) is 44.1 Å². The normalized spacial score (nSPS) is 30.0. The van der Waals surface area contributed by atoms with Crippen molar-refractivity contribution in [1.29, 1.82) is 0 Å². The molecule has 1 N–H and O–H groups in total. The maximum absolute atomic E-state index is 3.43. The lowest BCUT2D eigenvalue weighted by Crippen LogP contribution is -2.60. The number of nitrogens with one attached hydrogen (secondary N) is 1. The van der Waals surface area contributed by atoms with Crippen molar-refractivity contribution >= 4 is 0 Å². The van der Waals surface area contributed by atoms with Crippen LogP contribution in [0.25, 0.3) is 0 Å². The molecule has 0 bridgehead atoms. The molecule has 2 fully saturated rings. The molecular formula is C15H30N2. The average molecular weight is 238 g/mol. The van der Waals surface area contributed by atoms with Crippen LogP contribution in [0.3, 0.4) is 0 Å². The van der Waals surface area contributed by atoms with E-state index in [2.05, 4.69) is 31.0 Å². The third-order valence-corrected chi connectivity index (χ3v) is 4.73. The van der Waals surface area contributed by atoms with E-state index in [1.54, 1.807) is 0 Å². The van der Waals surface area contributed by atoms with Gasteiger partial charge in [-0.1, -0.05) is 27.2 Å². The number of rotatable bonds is 4. The molecule has 1 aliphatic carbocycles. The first-order valence-corrected chi connectivity index (χ1v) is 7.59. The van der Waals surface area contributed by atoms with Crippen molar-refractivity contribution in [1.82, 2.24) is 10.2 Å². The van der Waals surface area contributed by atoms with Crippen molar-refractivity contribution in [2.24, 2.45) is 5.41 Å². The first-order chi connectivity index (χ1) is 8.12. The smallest absolute Gasteiger partial charge is 0.0348 e. The molecule has 1 saturated carbocycles. The minimum Gasteiger partial charge on any atom is -0.314 e. The van der Waals surface area contributed by atoms with Crippen LogP contribution in [0.4, 0.5) is 0 Å². The number of hydrogen-bond acceptors (Lipinski definition) is 2. The molecule has 0 radical (unpaired) electrons. The average Bonchev–Trinajstić information content (AvgIpc) is 2.36. The maximum Gasteiger partial charge on any atom is 0.0348 e. The molecule has 0 aromatic carbocycles. The van der Waals surface area contributed by atoms with E-state index in [0.29, 0.717) is 5.41 Å². The zero-order valence-electron chi connectivity index (χ0n) is 12.0. The molecule has 2 nitrogen and oxygen atoms in total. The van der Waals surface area contributed by atoms with Gasteiger partial charge in [-0.3, -0.25) is 4.90 Å². The van der Waals surface area contributed by atoms with Crippen molar-refractivity contribution in [2.45, 2.75) is 71.4 Å². The summed E-state index contributed by atoms with van der Waals surface area (Å²) in [6, 6.07) is 1.70. The Morgan fingerprint density at radius 2 is 1.88 bits per heavy atom. The topological polar surface area (TPSA) is 15.3 Å². The zero-order valence-corrected chi connectivity index (χ0v) is 12.0. The van der Waals surface area contributed by atoms with Gasteiger partial charge in [-0.2, -0.15) is 0 Å². The zero-order chi connectivity index (χ0) is 12.3. The van der Waals surface area contributed by atoms with Crippen LogP contribution in [0.15, 0.2) is 0 Å². The van der Waals surface area contributed by atoms with Crippen LogP contribution < -0.4 is 5.32 Å². The third-order valence-electron chi connectivity index (χ3n) is 4.73. The highest BCUT2D eigenvalue weighted by Gasteiger charge is 2.32. The standard InChI is InChI=1S/C15H30N2/c1-4-10-17(14-11-16-12-14)13-6-5-8-15(2,3)9-7-13/h13-14,16H,4-12H2,1-3H3. The van der Waals surface area contributed by atoms with Crippen molar-refractivity contribution in [3.63, 3.8) is 0 Å². The lowest BCUT2D eigenvalue weighted by Gasteiger charge is -2.43. The van der Waals surface area contributed by atoms with Crippen molar-refractivity contribution in [3.8, 4) is 0 Å². The SMILES string of the molecule is CCCN(C1CCCC(C)(C)CC1)C1CNC1. The summed E-state index contributed by atoms with van der Waals surface area (Å²) in [4.78, 5) is 2.82. The molecule has 0 aromatic heterocycles. The number of hydrogen-bond donors (Lipinski definition) is 1. The van der Waals surface area contributed by atoms with Gasteiger partial charge in [0.15, 0.2) is 0 Å². The van der Waals surface area contributed by atoms with E-state index >= 15 is 0 Å². The van der Waals surface area contributed by atoms with Crippen LogP contribution in [0.5, 0.6) is 0 Å². The highest BCUT2D eigenvalue weighted by molar-refractivity contribution is 4.90. The minimum absolute atomic E-state index is 0.588. The van der Waals surface area contributed by atoms with Crippen molar-refractivity contribution in [3.05, 3.63) is 0 Å². The lowest BCUT2D eigenvalue weighted by molar-refractivity contribution is 0.0839. The van der Waals surface area contributed by atoms with Crippen LogP contribution in [0.2, 0.25) is 0 Å².